The Hall–Kier alpha value is -2.48. The van der Waals surface area contributed by atoms with Gasteiger partial charge in [0.2, 0.25) is 0 Å². The minimum atomic E-state index is -0.794. The van der Waals surface area contributed by atoms with E-state index in [2.05, 4.69) is 10.3 Å². The molecule has 0 saturated carbocycles. The molecule has 2 heterocycles. The number of thiazole rings is 1. The van der Waals surface area contributed by atoms with E-state index in [0.717, 1.165) is 21.1 Å². The van der Waals surface area contributed by atoms with Gasteiger partial charge >= 0.3 is 12.0 Å². The summed E-state index contributed by atoms with van der Waals surface area (Å²) < 4.78 is 13.1. The molecule has 1 atom stereocenters. The molecule has 1 saturated heterocycles. The standard InChI is InChI=1S/C19H22FN3O3S/c1-11-16(27-17(21-11)13-3-5-15(20)6-4-13)12(2)22-19(26)23-9-7-14(8-10-23)18(24)25/h3-6,12,14H,7-10H2,1-2H3,(H,22,26)(H,24,25). The van der Waals surface area contributed by atoms with Gasteiger partial charge in [-0.05, 0) is 51.0 Å². The maximum Gasteiger partial charge on any atom is 0.317 e. The number of carbonyl (C=O) groups excluding carboxylic acids is 1. The lowest BCUT2D eigenvalue weighted by molar-refractivity contribution is -0.143. The number of rotatable bonds is 4. The van der Waals surface area contributed by atoms with E-state index in [1.165, 1.54) is 23.5 Å². The lowest BCUT2D eigenvalue weighted by Crippen LogP contribution is -2.46. The van der Waals surface area contributed by atoms with Crippen LogP contribution >= 0.6 is 11.3 Å². The third-order valence-corrected chi connectivity index (χ3v) is 6.18. The third-order valence-electron chi connectivity index (χ3n) is 4.79. The maximum absolute atomic E-state index is 13.1. The molecule has 2 N–H and O–H groups in total. The van der Waals surface area contributed by atoms with E-state index in [4.69, 9.17) is 5.11 Å². The molecule has 1 aromatic carbocycles. The lowest BCUT2D eigenvalue weighted by Gasteiger charge is -2.31. The van der Waals surface area contributed by atoms with Crippen molar-refractivity contribution in [1.29, 1.82) is 0 Å². The second-order valence-corrected chi connectivity index (χ2v) is 7.78. The molecule has 0 spiro atoms. The van der Waals surface area contributed by atoms with Gasteiger partial charge in [-0.3, -0.25) is 4.79 Å². The van der Waals surface area contributed by atoms with Crippen LogP contribution in [0.5, 0.6) is 0 Å². The quantitative estimate of drug-likeness (QED) is 0.830. The highest BCUT2D eigenvalue weighted by atomic mass is 32.1. The number of carboxylic acid groups (broad SMARTS) is 1. The average Bonchev–Trinajstić information content (AvgIpc) is 3.04. The first-order valence-corrected chi connectivity index (χ1v) is 9.68. The number of likely N-dealkylation sites (tertiary alicyclic amines) is 1. The Labute approximate surface area is 161 Å². The molecular formula is C19H22FN3O3S. The molecule has 0 radical (unpaired) electrons. The number of piperidine rings is 1. The van der Waals surface area contributed by atoms with Gasteiger partial charge < -0.3 is 15.3 Å². The summed E-state index contributed by atoms with van der Waals surface area (Å²) in [6.45, 7) is 4.67. The first-order chi connectivity index (χ1) is 12.8. The monoisotopic (exact) mass is 391 g/mol. The summed E-state index contributed by atoms with van der Waals surface area (Å²) >= 11 is 1.47. The molecule has 0 bridgehead atoms. The van der Waals surface area contributed by atoms with Crippen LogP contribution in [0, 0.1) is 18.7 Å². The van der Waals surface area contributed by atoms with Crippen molar-refractivity contribution >= 4 is 23.3 Å². The molecule has 1 fully saturated rings. The van der Waals surface area contributed by atoms with Crippen LogP contribution in [0.1, 0.15) is 36.4 Å². The largest absolute Gasteiger partial charge is 0.481 e. The first-order valence-electron chi connectivity index (χ1n) is 8.86. The number of hydrogen-bond acceptors (Lipinski definition) is 4. The summed E-state index contributed by atoms with van der Waals surface area (Å²) in [5, 5.41) is 12.8. The van der Waals surface area contributed by atoms with Crippen LogP contribution in [0.3, 0.4) is 0 Å². The average molecular weight is 391 g/mol. The molecule has 27 heavy (non-hydrogen) atoms. The number of benzene rings is 1. The summed E-state index contributed by atoms with van der Waals surface area (Å²) in [5.74, 6) is -1.45. The summed E-state index contributed by atoms with van der Waals surface area (Å²) in [5.41, 5.74) is 1.67. The summed E-state index contributed by atoms with van der Waals surface area (Å²) in [7, 11) is 0. The molecule has 2 aromatic rings. The van der Waals surface area contributed by atoms with Gasteiger partial charge in [0.15, 0.2) is 0 Å². The number of nitrogens with zero attached hydrogens (tertiary/aromatic N) is 2. The molecule has 1 aliphatic heterocycles. The van der Waals surface area contributed by atoms with E-state index in [9.17, 15) is 14.0 Å². The molecule has 1 unspecified atom stereocenters. The van der Waals surface area contributed by atoms with Gasteiger partial charge in [-0.25, -0.2) is 14.2 Å². The molecule has 0 aliphatic carbocycles. The van der Waals surface area contributed by atoms with Gasteiger partial charge in [-0.15, -0.1) is 11.3 Å². The molecular weight excluding hydrogens is 369 g/mol. The molecule has 8 heteroatoms. The van der Waals surface area contributed by atoms with Gasteiger partial charge in [0, 0.05) is 18.7 Å². The number of carbonyl (C=O) groups is 2. The number of halogens is 1. The van der Waals surface area contributed by atoms with E-state index >= 15 is 0 Å². The number of urea groups is 1. The van der Waals surface area contributed by atoms with Gasteiger partial charge in [0.25, 0.3) is 0 Å². The van der Waals surface area contributed by atoms with Crippen LogP contribution in [0.25, 0.3) is 10.6 Å². The maximum atomic E-state index is 13.1. The van der Waals surface area contributed by atoms with Crippen LogP contribution in [-0.4, -0.2) is 40.1 Å². The van der Waals surface area contributed by atoms with E-state index < -0.39 is 5.97 Å². The van der Waals surface area contributed by atoms with Gasteiger partial charge in [-0.1, -0.05) is 0 Å². The van der Waals surface area contributed by atoms with Crippen molar-refractivity contribution in [3.8, 4) is 10.6 Å². The van der Waals surface area contributed by atoms with Crippen molar-refractivity contribution in [2.45, 2.75) is 32.7 Å². The number of hydrogen-bond donors (Lipinski definition) is 2. The van der Waals surface area contributed by atoms with Crippen molar-refractivity contribution in [3.05, 3.63) is 40.7 Å². The Morgan fingerprint density at radius 3 is 2.52 bits per heavy atom. The van der Waals surface area contributed by atoms with Crippen LogP contribution in [-0.2, 0) is 4.79 Å². The zero-order valence-electron chi connectivity index (χ0n) is 15.2. The normalized spacial score (nSPS) is 16.2. The molecule has 1 aliphatic rings. The van der Waals surface area contributed by atoms with Gasteiger partial charge in [-0.2, -0.15) is 0 Å². The van der Waals surface area contributed by atoms with Gasteiger partial charge in [0.05, 0.1) is 22.5 Å². The Morgan fingerprint density at radius 1 is 1.30 bits per heavy atom. The number of aliphatic carboxylic acids is 1. The highest BCUT2D eigenvalue weighted by molar-refractivity contribution is 7.15. The fourth-order valence-corrected chi connectivity index (χ4v) is 4.27. The molecule has 144 valence electrons. The zero-order chi connectivity index (χ0) is 19.6. The zero-order valence-corrected chi connectivity index (χ0v) is 16.1. The van der Waals surface area contributed by atoms with Crippen molar-refractivity contribution in [2.24, 2.45) is 5.92 Å². The Balaban J connectivity index is 1.64. The minimum Gasteiger partial charge on any atom is -0.481 e. The number of carboxylic acids is 1. The van der Waals surface area contributed by atoms with E-state index in [-0.39, 0.29) is 23.8 Å². The third kappa shape index (κ3) is 4.44. The number of nitrogens with one attached hydrogen (secondary N) is 1. The van der Waals surface area contributed by atoms with Crippen LogP contribution in [0.4, 0.5) is 9.18 Å². The lowest BCUT2D eigenvalue weighted by atomic mass is 9.97. The topological polar surface area (TPSA) is 82.5 Å². The van der Waals surface area contributed by atoms with Crippen molar-refractivity contribution in [2.75, 3.05) is 13.1 Å². The summed E-state index contributed by atoms with van der Waals surface area (Å²) in [6, 6.07) is 5.76. The number of aromatic nitrogens is 1. The SMILES string of the molecule is Cc1nc(-c2ccc(F)cc2)sc1C(C)NC(=O)N1CCC(C(=O)O)CC1. The second kappa shape index (κ2) is 8.04. The van der Waals surface area contributed by atoms with Crippen molar-refractivity contribution in [3.63, 3.8) is 0 Å². The van der Waals surface area contributed by atoms with E-state index in [1.807, 2.05) is 13.8 Å². The molecule has 6 nitrogen and oxygen atoms in total. The van der Waals surface area contributed by atoms with Crippen molar-refractivity contribution in [1.82, 2.24) is 15.2 Å². The smallest absolute Gasteiger partial charge is 0.317 e. The Kier molecular flexibility index (Phi) is 5.74. The molecule has 2 amide bonds. The predicted octanol–water partition coefficient (Wildman–Crippen LogP) is 3.82. The van der Waals surface area contributed by atoms with Crippen LogP contribution in [0.2, 0.25) is 0 Å². The number of amides is 2. The van der Waals surface area contributed by atoms with Crippen LogP contribution < -0.4 is 5.32 Å². The fourth-order valence-electron chi connectivity index (χ4n) is 3.20. The Bertz CT molecular complexity index is 829. The second-order valence-electron chi connectivity index (χ2n) is 6.75. The highest BCUT2D eigenvalue weighted by Gasteiger charge is 2.28. The minimum absolute atomic E-state index is 0.192. The first kappa shape index (κ1) is 19.3. The predicted molar refractivity (Wildman–Crippen MR) is 101 cm³/mol. The van der Waals surface area contributed by atoms with Crippen LogP contribution in [0.15, 0.2) is 24.3 Å². The van der Waals surface area contributed by atoms with E-state index in [0.29, 0.717) is 25.9 Å². The number of aryl methyl sites for hydroxylation is 1. The summed E-state index contributed by atoms with van der Waals surface area (Å²) in [6.07, 6.45) is 0.955. The van der Waals surface area contributed by atoms with E-state index in [1.54, 1.807) is 17.0 Å². The molecule has 3 rings (SSSR count). The summed E-state index contributed by atoms with van der Waals surface area (Å²) in [4.78, 5) is 30.7. The fraction of sp³-hybridized carbons (Fsp3) is 0.421. The Morgan fingerprint density at radius 2 is 1.93 bits per heavy atom. The highest BCUT2D eigenvalue weighted by Crippen LogP contribution is 2.32. The van der Waals surface area contributed by atoms with Gasteiger partial charge in [0.1, 0.15) is 10.8 Å². The molecule has 1 aromatic heterocycles. The van der Waals surface area contributed by atoms with Crippen molar-refractivity contribution < 1.29 is 19.1 Å².